The molecule has 2 aromatic heterocycles. The molecule has 39 heavy (non-hydrogen) atoms. The van der Waals surface area contributed by atoms with Gasteiger partial charge in [-0.3, -0.25) is 14.7 Å². The Morgan fingerprint density at radius 1 is 1.08 bits per heavy atom. The van der Waals surface area contributed by atoms with Gasteiger partial charge in [-0.2, -0.15) is 9.40 Å². The van der Waals surface area contributed by atoms with Crippen LogP contribution in [0.3, 0.4) is 0 Å². The minimum atomic E-state index is -4.31. The number of ketones is 1. The molecule has 202 valence electrons. The van der Waals surface area contributed by atoms with Crippen LogP contribution in [0.2, 0.25) is 0 Å². The molecular weight excluding hydrogens is 528 g/mol. The second-order valence-electron chi connectivity index (χ2n) is 9.81. The zero-order chi connectivity index (χ0) is 28.1. The van der Waals surface area contributed by atoms with Crippen molar-refractivity contribution in [2.45, 2.75) is 37.2 Å². The van der Waals surface area contributed by atoms with Gasteiger partial charge in [0.2, 0.25) is 10.0 Å². The minimum absolute atomic E-state index is 0.141. The number of hydrogen-bond donors (Lipinski definition) is 2. The smallest absolute Gasteiger partial charge is 0.272 e. The highest BCUT2D eigenvalue weighted by atomic mass is 32.2. The Balaban J connectivity index is 1.41. The molecule has 4 aromatic rings. The van der Waals surface area contributed by atoms with Gasteiger partial charge in [-0.15, -0.1) is 0 Å². The molecule has 5 rings (SSSR count). The number of fused-ring (bicyclic) bond motifs is 1. The van der Waals surface area contributed by atoms with E-state index >= 15 is 0 Å². The molecule has 1 aliphatic rings. The number of carbonyl (C=O) groups excluding carboxylic acids is 2. The zero-order valence-corrected chi connectivity index (χ0v) is 22.1. The van der Waals surface area contributed by atoms with Crippen molar-refractivity contribution in [1.29, 1.82) is 0 Å². The predicted octanol–water partition coefficient (Wildman–Crippen LogP) is 4.14. The number of aromatic amines is 1. The quantitative estimate of drug-likeness (QED) is 0.334. The van der Waals surface area contributed by atoms with Gasteiger partial charge >= 0.3 is 0 Å². The van der Waals surface area contributed by atoms with Gasteiger partial charge in [-0.05, 0) is 50.2 Å². The summed E-state index contributed by atoms with van der Waals surface area (Å²) in [4.78, 5) is 25.6. The number of aryl methyl sites for hydroxylation is 1. The number of anilines is 1. The van der Waals surface area contributed by atoms with Gasteiger partial charge in [-0.1, -0.05) is 12.1 Å². The molecule has 9 nitrogen and oxygen atoms in total. The Labute approximate surface area is 223 Å². The summed E-state index contributed by atoms with van der Waals surface area (Å²) in [6.45, 7) is 3.12. The first-order valence-corrected chi connectivity index (χ1v) is 13.4. The maximum absolute atomic E-state index is 13.8. The van der Waals surface area contributed by atoms with Crippen LogP contribution in [-0.4, -0.2) is 39.2 Å². The topological polar surface area (TPSA) is 117 Å². The van der Waals surface area contributed by atoms with E-state index in [0.717, 1.165) is 16.4 Å². The maximum atomic E-state index is 13.8. The second-order valence-corrected chi connectivity index (χ2v) is 11.7. The first-order chi connectivity index (χ1) is 18.4. The highest BCUT2D eigenvalue weighted by Crippen LogP contribution is 2.42. The molecule has 0 aliphatic carbocycles. The molecule has 12 heteroatoms. The molecule has 3 heterocycles. The van der Waals surface area contributed by atoms with Crippen molar-refractivity contribution in [2.75, 3.05) is 5.32 Å². The van der Waals surface area contributed by atoms with Crippen molar-refractivity contribution in [3.8, 4) is 0 Å². The summed E-state index contributed by atoms with van der Waals surface area (Å²) in [7, 11) is -2.57. The second kappa shape index (κ2) is 9.54. The van der Waals surface area contributed by atoms with E-state index in [0.29, 0.717) is 34.4 Å². The highest BCUT2D eigenvalue weighted by molar-refractivity contribution is 7.89. The third kappa shape index (κ3) is 4.66. The Hall–Kier alpha value is -4.16. The Kier molecular flexibility index (Phi) is 6.47. The van der Waals surface area contributed by atoms with E-state index < -0.39 is 32.1 Å². The SMILES string of the molecule is Cn1cccc1C(=O)Nc1ccccc1C(=O)Cc1[nH]nc2c1CN(S(=O)(=O)c1cc(F)cc(F)c1)C2(C)C. The molecule has 0 saturated heterocycles. The minimum Gasteiger partial charge on any atom is -0.347 e. The van der Waals surface area contributed by atoms with Gasteiger partial charge < -0.3 is 9.88 Å². The van der Waals surface area contributed by atoms with Crippen molar-refractivity contribution >= 4 is 27.4 Å². The van der Waals surface area contributed by atoms with Gasteiger partial charge in [0.05, 0.1) is 28.2 Å². The van der Waals surface area contributed by atoms with E-state index in [4.69, 9.17) is 0 Å². The van der Waals surface area contributed by atoms with E-state index in [9.17, 15) is 26.8 Å². The standard InChI is InChI=1S/C27H25F2N5O4S/c1-27(2)25-20(15-34(27)39(37,38)18-12-16(28)11-17(29)13-18)22(31-32-25)14-24(35)19-7-4-5-8-21(19)30-26(36)23-9-6-10-33(23)3/h4-13H,14-15H2,1-3H3,(H,30,36)(H,31,32). The van der Waals surface area contributed by atoms with Crippen LogP contribution in [0.1, 0.15) is 51.6 Å². The van der Waals surface area contributed by atoms with Crippen molar-refractivity contribution in [3.63, 3.8) is 0 Å². The van der Waals surface area contributed by atoms with Crippen LogP contribution < -0.4 is 5.32 Å². The molecule has 0 atom stereocenters. The van der Waals surface area contributed by atoms with E-state index in [1.165, 1.54) is 0 Å². The third-order valence-corrected chi connectivity index (χ3v) is 8.87. The number of sulfonamides is 1. The van der Waals surface area contributed by atoms with E-state index in [2.05, 4.69) is 15.5 Å². The number of rotatable bonds is 7. The van der Waals surface area contributed by atoms with Crippen LogP contribution in [0.5, 0.6) is 0 Å². The average molecular weight is 554 g/mol. The molecule has 0 radical (unpaired) electrons. The van der Waals surface area contributed by atoms with E-state index in [1.807, 2.05) is 0 Å². The summed E-state index contributed by atoms with van der Waals surface area (Å²) in [6, 6.07) is 12.1. The summed E-state index contributed by atoms with van der Waals surface area (Å²) in [5, 5.41) is 9.93. The highest BCUT2D eigenvalue weighted by Gasteiger charge is 2.48. The number of nitrogens with zero attached hydrogens (tertiary/aromatic N) is 3. The van der Waals surface area contributed by atoms with Crippen LogP contribution in [0, 0.1) is 11.6 Å². The fourth-order valence-corrected chi connectivity index (χ4v) is 6.61. The number of amides is 1. The summed E-state index contributed by atoms with van der Waals surface area (Å²) >= 11 is 0. The summed E-state index contributed by atoms with van der Waals surface area (Å²) in [6.07, 6.45) is 1.60. The number of halogens is 2. The number of nitrogens with one attached hydrogen (secondary N) is 2. The first-order valence-electron chi connectivity index (χ1n) is 12.0. The van der Waals surface area contributed by atoms with Crippen LogP contribution in [0.25, 0.3) is 0 Å². The van der Waals surface area contributed by atoms with Crippen molar-refractivity contribution < 1.29 is 26.8 Å². The Morgan fingerprint density at radius 2 is 1.77 bits per heavy atom. The molecule has 0 spiro atoms. The largest absolute Gasteiger partial charge is 0.347 e. The summed E-state index contributed by atoms with van der Waals surface area (Å²) in [5.74, 6) is -2.71. The fourth-order valence-electron chi connectivity index (χ4n) is 4.85. The molecule has 2 N–H and O–H groups in total. The number of carbonyl (C=O) groups is 2. The molecule has 1 amide bonds. The fraction of sp³-hybridized carbons (Fsp3) is 0.222. The van der Waals surface area contributed by atoms with Gasteiger partial charge in [0.1, 0.15) is 17.3 Å². The monoisotopic (exact) mass is 553 g/mol. The van der Waals surface area contributed by atoms with Crippen LogP contribution in [0.15, 0.2) is 65.7 Å². The molecule has 0 unspecified atom stereocenters. The molecule has 0 fully saturated rings. The maximum Gasteiger partial charge on any atom is 0.272 e. The van der Waals surface area contributed by atoms with Crippen molar-refractivity contribution in [2.24, 2.45) is 7.05 Å². The average Bonchev–Trinajstić information content (AvgIpc) is 3.54. The first kappa shape index (κ1) is 26.4. The lowest BCUT2D eigenvalue weighted by molar-refractivity contribution is 0.0992. The third-order valence-electron chi connectivity index (χ3n) is 6.87. The molecular formula is C27H25F2N5O4S. The number of aromatic nitrogens is 3. The Bertz CT molecular complexity index is 1710. The molecule has 1 aliphatic heterocycles. The lowest BCUT2D eigenvalue weighted by Gasteiger charge is -2.30. The zero-order valence-electron chi connectivity index (χ0n) is 21.3. The van der Waals surface area contributed by atoms with E-state index in [1.54, 1.807) is 68.1 Å². The van der Waals surface area contributed by atoms with Gasteiger partial charge in [-0.25, -0.2) is 17.2 Å². The molecule has 0 bridgehead atoms. The summed E-state index contributed by atoms with van der Waals surface area (Å²) < 4.78 is 57.2. The van der Waals surface area contributed by atoms with Gasteiger partial charge in [0.25, 0.3) is 5.91 Å². The normalized spacial score (nSPS) is 14.8. The van der Waals surface area contributed by atoms with E-state index in [-0.39, 0.29) is 30.2 Å². The number of Topliss-reactive ketones (excluding diaryl/α,β-unsaturated/α-hetero) is 1. The van der Waals surface area contributed by atoms with Crippen LogP contribution >= 0.6 is 0 Å². The van der Waals surface area contributed by atoms with Gasteiger partial charge in [0.15, 0.2) is 5.78 Å². The lowest BCUT2D eigenvalue weighted by atomic mass is 9.99. The van der Waals surface area contributed by atoms with Crippen LogP contribution in [-0.2, 0) is 35.6 Å². The van der Waals surface area contributed by atoms with Crippen molar-refractivity contribution in [3.05, 3.63) is 101 Å². The number of H-pyrrole nitrogens is 1. The van der Waals surface area contributed by atoms with Crippen molar-refractivity contribution in [1.82, 2.24) is 19.1 Å². The summed E-state index contributed by atoms with van der Waals surface area (Å²) in [5.41, 5.74) is 1.22. The number of para-hydroxylation sites is 1. The predicted molar refractivity (Wildman–Crippen MR) is 139 cm³/mol. The molecule has 2 aromatic carbocycles. The number of benzene rings is 2. The van der Waals surface area contributed by atoms with Gasteiger partial charge in [0, 0.05) is 42.7 Å². The van der Waals surface area contributed by atoms with Crippen LogP contribution in [0.4, 0.5) is 14.5 Å². The molecule has 0 saturated carbocycles. The lowest BCUT2D eigenvalue weighted by Crippen LogP contribution is -2.40. The number of hydrogen-bond acceptors (Lipinski definition) is 5. The Morgan fingerprint density at radius 3 is 2.44 bits per heavy atom.